The highest BCUT2D eigenvalue weighted by Crippen LogP contribution is 2.32. The number of hydrogen-bond donors (Lipinski definition) is 2. The Morgan fingerprint density at radius 3 is 2.31 bits per heavy atom. The van der Waals surface area contributed by atoms with Gasteiger partial charge in [0.25, 0.3) is 11.6 Å². The summed E-state index contributed by atoms with van der Waals surface area (Å²) in [6, 6.07) is 2.39. The van der Waals surface area contributed by atoms with Crippen molar-refractivity contribution in [3.05, 3.63) is 33.4 Å². The molecule has 1 atom stereocenters. The fourth-order valence-corrected chi connectivity index (χ4v) is 2.93. The topological polar surface area (TPSA) is 131 Å². The Hall–Kier alpha value is -3.17. The lowest BCUT2D eigenvalue weighted by atomic mass is 10.0. The van der Waals surface area contributed by atoms with Gasteiger partial charge < -0.3 is 20.3 Å². The van der Waals surface area contributed by atoms with Gasteiger partial charge in [-0.1, -0.05) is 0 Å². The zero-order valence-electron chi connectivity index (χ0n) is 19.9. The summed E-state index contributed by atoms with van der Waals surface area (Å²) in [5, 5.41) is 17.4. The third kappa shape index (κ3) is 8.52. The third-order valence-corrected chi connectivity index (χ3v) is 4.48. The van der Waals surface area contributed by atoms with E-state index in [0.717, 1.165) is 6.42 Å². The summed E-state index contributed by atoms with van der Waals surface area (Å²) in [6.45, 7) is 8.96. The molecule has 2 N–H and O–H groups in total. The second-order valence-corrected chi connectivity index (χ2v) is 8.90. The van der Waals surface area contributed by atoms with Crippen molar-refractivity contribution in [2.45, 2.75) is 65.5 Å². The summed E-state index contributed by atoms with van der Waals surface area (Å²) in [5.74, 6) is -0.801. The van der Waals surface area contributed by atoms with Crippen LogP contribution in [-0.4, -0.2) is 59.9 Å². The van der Waals surface area contributed by atoms with E-state index in [9.17, 15) is 24.5 Å². The average Bonchev–Trinajstić information content (AvgIpc) is 2.65. The number of rotatable bonds is 10. The normalized spacial score (nSPS) is 12.0. The van der Waals surface area contributed by atoms with Crippen LogP contribution in [0, 0.1) is 10.1 Å². The molecule has 32 heavy (non-hydrogen) atoms. The van der Waals surface area contributed by atoms with Crippen molar-refractivity contribution in [3.8, 4) is 0 Å². The van der Waals surface area contributed by atoms with Gasteiger partial charge in [-0.3, -0.25) is 19.7 Å². The number of alkyl carbamates (subject to hydrolysis) is 1. The Morgan fingerprint density at radius 1 is 1.19 bits per heavy atom. The first-order chi connectivity index (χ1) is 14.7. The van der Waals surface area contributed by atoms with Gasteiger partial charge >= 0.3 is 6.09 Å². The minimum absolute atomic E-state index is 0.0767. The highest BCUT2D eigenvalue weighted by Gasteiger charge is 2.26. The lowest BCUT2D eigenvalue weighted by molar-refractivity contribution is -0.384. The molecule has 0 saturated carbocycles. The molecule has 0 radical (unpaired) electrons. The Balaban J connectivity index is 2.87. The highest BCUT2D eigenvalue weighted by molar-refractivity contribution is 6.05. The van der Waals surface area contributed by atoms with Crippen LogP contribution < -0.4 is 10.6 Å². The molecule has 0 unspecified atom stereocenters. The van der Waals surface area contributed by atoms with Crippen molar-refractivity contribution in [1.29, 1.82) is 0 Å². The Morgan fingerprint density at radius 2 is 1.81 bits per heavy atom. The Labute approximate surface area is 188 Å². The second-order valence-electron chi connectivity index (χ2n) is 8.90. The number of carbonyl (C=O) groups excluding carboxylic acids is 3. The van der Waals surface area contributed by atoms with Crippen LogP contribution in [0.3, 0.4) is 0 Å². The molecule has 0 aliphatic rings. The molecular formula is C22H34N4O6. The van der Waals surface area contributed by atoms with E-state index in [1.54, 1.807) is 34.9 Å². The second kappa shape index (κ2) is 11.4. The lowest BCUT2D eigenvalue weighted by Crippen LogP contribution is -2.33. The van der Waals surface area contributed by atoms with Gasteiger partial charge in [0.15, 0.2) is 5.78 Å². The largest absolute Gasteiger partial charge is 0.444 e. The number of amides is 2. The standard InChI is InChI=1S/C22H34N4O6/c1-14(10-8-9-11-23-21(29)32-22(3,4)5)24-19-17(20(28)25(6)7)12-16(15(2)27)13-18(19)26(30)31/h12-14,24H,8-11H2,1-7H3,(H,23,29)/t14-/m1/s1. The summed E-state index contributed by atoms with van der Waals surface area (Å²) < 4.78 is 5.18. The minimum atomic E-state index is -0.599. The molecule has 10 nitrogen and oxygen atoms in total. The van der Waals surface area contributed by atoms with E-state index >= 15 is 0 Å². The van der Waals surface area contributed by atoms with Crippen molar-refractivity contribution >= 4 is 29.2 Å². The number of nitrogens with zero attached hydrogens (tertiary/aromatic N) is 2. The van der Waals surface area contributed by atoms with E-state index in [4.69, 9.17) is 4.74 Å². The number of ketones is 1. The number of benzene rings is 1. The van der Waals surface area contributed by atoms with Crippen LogP contribution in [0.1, 0.15) is 74.6 Å². The first-order valence-electron chi connectivity index (χ1n) is 10.5. The van der Waals surface area contributed by atoms with E-state index in [-0.39, 0.29) is 34.3 Å². The van der Waals surface area contributed by atoms with Crippen molar-refractivity contribution in [2.24, 2.45) is 0 Å². The number of hydrogen-bond acceptors (Lipinski definition) is 7. The van der Waals surface area contributed by atoms with Gasteiger partial charge in [-0.05, 0) is 59.9 Å². The van der Waals surface area contributed by atoms with Gasteiger partial charge in [0, 0.05) is 38.3 Å². The zero-order chi connectivity index (χ0) is 24.6. The van der Waals surface area contributed by atoms with Crippen molar-refractivity contribution < 1.29 is 24.0 Å². The van der Waals surface area contributed by atoms with Crippen molar-refractivity contribution in [2.75, 3.05) is 26.0 Å². The van der Waals surface area contributed by atoms with Crippen LogP contribution in [0.4, 0.5) is 16.2 Å². The van der Waals surface area contributed by atoms with Gasteiger partial charge in [0.05, 0.1) is 10.5 Å². The molecule has 2 amide bonds. The number of Topliss-reactive ketones (excluding diaryl/α,β-unsaturated/α-hetero) is 1. The molecule has 178 valence electrons. The number of anilines is 1. The molecule has 10 heteroatoms. The van der Waals surface area contributed by atoms with E-state index in [1.165, 1.54) is 24.0 Å². The maximum absolute atomic E-state index is 12.7. The highest BCUT2D eigenvalue weighted by atomic mass is 16.6. The van der Waals surface area contributed by atoms with Crippen molar-refractivity contribution in [3.63, 3.8) is 0 Å². The molecule has 0 spiro atoms. The number of ether oxygens (including phenoxy) is 1. The smallest absolute Gasteiger partial charge is 0.407 e. The average molecular weight is 451 g/mol. The fraction of sp³-hybridized carbons (Fsp3) is 0.591. The molecule has 0 saturated heterocycles. The molecule has 1 aromatic carbocycles. The molecule has 0 aliphatic heterocycles. The first kappa shape index (κ1) is 26.9. The monoisotopic (exact) mass is 450 g/mol. The summed E-state index contributed by atoms with van der Waals surface area (Å²) in [6.07, 6.45) is 1.61. The van der Waals surface area contributed by atoms with E-state index in [2.05, 4.69) is 10.6 Å². The maximum Gasteiger partial charge on any atom is 0.407 e. The van der Waals surface area contributed by atoms with Crippen molar-refractivity contribution in [1.82, 2.24) is 10.2 Å². The molecule has 1 rings (SSSR count). The minimum Gasteiger partial charge on any atom is -0.444 e. The van der Waals surface area contributed by atoms with Gasteiger partial charge in [0.2, 0.25) is 0 Å². The molecular weight excluding hydrogens is 416 g/mol. The maximum atomic E-state index is 12.7. The Kier molecular flexibility index (Phi) is 9.61. The first-order valence-corrected chi connectivity index (χ1v) is 10.5. The summed E-state index contributed by atoms with van der Waals surface area (Å²) in [5.41, 5.74) is -0.600. The number of nitro benzene ring substituents is 1. The van der Waals surface area contributed by atoms with E-state index in [0.29, 0.717) is 19.4 Å². The number of unbranched alkanes of at least 4 members (excludes halogenated alkanes) is 1. The Bertz CT molecular complexity index is 861. The van der Waals surface area contributed by atoms with Gasteiger partial charge in [-0.15, -0.1) is 0 Å². The SMILES string of the molecule is CC(=O)c1cc(C(=O)N(C)C)c(N[C@H](C)CCCCNC(=O)OC(C)(C)C)c([N+](=O)[O-])c1. The quantitative estimate of drug-likeness (QED) is 0.238. The molecule has 0 heterocycles. The summed E-state index contributed by atoms with van der Waals surface area (Å²) in [7, 11) is 3.08. The van der Waals surface area contributed by atoms with E-state index < -0.39 is 22.5 Å². The van der Waals surface area contributed by atoms with Gasteiger partial charge in [-0.25, -0.2) is 4.79 Å². The van der Waals surface area contributed by atoms with Crippen LogP contribution in [0.5, 0.6) is 0 Å². The number of nitrogens with one attached hydrogen (secondary N) is 2. The van der Waals surface area contributed by atoms with Crippen LogP contribution >= 0.6 is 0 Å². The van der Waals surface area contributed by atoms with Crippen LogP contribution in [0.2, 0.25) is 0 Å². The van der Waals surface area contributed by atoms with E-state index in [1.807, 2.05) is 6.92 Å². The van der Waals surface area contributed by atoms with Crippen LogP contribution in [-0.2, 0) is 4.74 Å². The number of nitro groups is 1. The predicted octanol–water partition coefficient (Wildman–Crippen LogP) is 3.99. The molecule has 0 aromatic heterocycles. The zero-order valence-corrected chi connectivity index (χ0v) is 19.9. The van der Waals surface area contributed by atoms with Gasteiger partial charge in [-0.2, -0.15) is 0 Å². The third-order valence-electron chi connectivity index (χ3n) is 4.48. The van der Waals surface area contributed by atoms with Crippen LogP contribution in [0.15, 0.2) is 12.1 Å². The predicted molar refractivity (Wildman–Crippen MR) is 122 cm³/mol. The number of carbonyl (C=O) groups is 3. The fourth-order valence-electron chi connectivity index (χ4n) is 2.93. The molecule has 0 bridgehead atoms. The molecule has 1 aromatic rings. The van der Waals surface area contributed by atoms with Gasteiger partial charge in [0.1, 0.15) is 11.3 Å². The summed E-state index contributed by atoms with van der Waals surface area (Å²) in [4.78, 5) is 48.5. The molecule has 0 aliphatic carbocycles. The molecule has 0 fully saturated rings. The summed E-state index contributed by atoms with van der Waals surface area (Å²) >= 11 is 0. The van der Waals surface area contributed by atoms with Crippen LogP contribution in [0.25, 0.3) is 0 Å². The lowest BCUT2D eigenvalue weighted by Gasteiger charge is -2.21.